The van der Waals surface area contributed by atoms with Crippen LogP contribution in [0.2, 0.25) is 0 Å². The van der Waals surface area contributed by atoms with Crippen LogP contribution in [0.25, 0.3) is 10.9 Å². The fourth-order valence-electron chi connectivity index (χ4n) is 3.18. The maximum atomic E-state index is 14.3. The highest BCUT2D eigenvalue weighted by Crippen LogP contribution is 2.37. The molecule has 32 heavy (non-hydrogen) atoms. The molecular weight excluding hydrogens is 427 g/mol. The molecule has 0 aliphatic carbocycles. The van der Waals surface area contributed by atoms with Crippen molar-refractivity contribution in [3.8, 4) is 5.75 Å². The van der Waals surface area contributed by atoms with Crippen molar-refractivity contribution in [1.82, 2.24) is 19.7 Å². The molecule has 0 atom stereocenters. The lowest BCUT2D eigenvalue weighted by molar-refractivity contribution is -0.189. The maximum absolute atomic E-state index is 14.3. The van der Waals surface area contributed by atoms with E-state index in [2.05, 4.69) is 35.8 Å². The predicted octanol–water partition coefficient (Wildman–Crippen LogP) is 3.91. The molecule has 0 unspecified atom stereocenters. The van der Waals surface area contributed by atoms with Crippen LogP contribution in [0.15, 0.2) is 48.8 Å². The Balaban J connectivity index is 1.39. The molecule has 2 aromatic carbocycles. The van der Waals surface area contributed by atoms with Crippen LogP contribution in [0, 0.1) is 5.82 Å². The smallest absolute Gasteiger partial charge is 0.423 e. The van der Waals surface area contributed by atoms with Crippen molar-refractivity contribution in [2.24, 2.45) is 7.05 Å². The molecule has 3 N–H and O–H groups in total. The van der Waals surface area contributed by atoms with Crippen LogP contribution in [-0.2, 0) is 11.8 Å². The zero-order valence-corrected chi connectivity index (χ0v) is 16.4. The van der Waals surface area contributed by atoms with Crippen LogP contribution in [0.3, 0.4) is 0 Å². The van der Waals surface area contributed by atoms with Crippen molar-refractivity contribution in [3.05, 3.63) is 54.6 Å². The van der Waals surface area contributed by atoms with E-state index >= 15 is 0 Å². The molecule has 3 heterocycles. The Bertz CT molecular complexity index is 1370. The van der Waals surface area contributed by atoms with Gasteiger partial charge in [0.25, 0.3) is 0 Å². The molecule has 12 heteroatoms. The van der Waals surface area contributed by atoms with Gasteiger partial charge >= 0.3 is 12.0 Å². The maximum Gasteiger partial charge on any atom is 0.482 e. The Morgan fingerprint density at radius 3 is 2.72 bits per heavy atom. The second kappa shape index (κ2) is 7.11. The third-order valence-electron chi connectivity index (χ3n) is 4.74. The standard InChI is InChI=1S/C20H14F3N7O2/c1-30-15-7-12(3-2-10(15)8-25-30)27-19-24-9-13(21)17(29-19)26-11-4-5-16-14(6-11)28-18(31)20(22,23)32-16/h2-9H,1H3,(H,28,31)(H2,24,26,27,29). The molecule has 0 radical (unpaired) electrons. The highest BCUT2D eigenvalue weighted by molar-refractivity contribution is 5.99. The normalized spacial score (nSPS) is 14.4. The van der Waals surface area contributed by atoms with Gasteiger partial charge in [-0.2, -0.15) is 18.9 Å². The molecule has 5 rings (SSSR count). The first-order valence-electron chi connectivity index (χ1n) is 9.29. The lowest BCUT2D eigenvalue weighted by Gasteiger charge is -2.25. The quantitative estimate of drug-likeness (QED) is 0.441. The highest BCUT2D eigenvalue weighted by atomic mass is 19.3. The number of amides is 1. The summed E-state index contributed by atoms with van der Waals surface area (Å²) in [5.41, 5.74) is 1.87. The van der Waals surface area contributed by atoms with E-state index in [9.17, 15) is 18.0 Å². The molecule has 0 saturated carbocycles. The van der Waals surface area contributed by atoms with Crippen LogP contribution in [-0.4, -0.2) is 31.8 Å². The number of nitrogens with one attached hydrogen (secondary N) is 3. The van der Waals surface area contributed by atoms with E-state index in [1.807, 2.05) is 25.2 Å². The van der Waals surface area contributed by atoms with Gasteiger partial charge in [-0.15, -0.1) is 0 Å². The van der Waals surface area contributed by atoms with Crippen molar-refractivity contribution in [2.75, 3.05) is 16.0 Å². The average molecular weight is 441 g/mol. The summed E-state index contributed by atoms with van der Waals surface area (Å²) < 4.78 is 47.1. The van der Waals surface area contributed by atoms with Gasteiger partial charge in [-0.05, 0) is 36.4 Å². The number of carbonyl (C=O) groups excluding carboxylic acids is 1. The molecule has 9 nitrogen and oxygen atoms in total. The third kappa shape index (κ3) is 3.51. The van der Waals surface area contributed by atoms with Gasteiger partial charge in [0, 0.05) is 23.8 Å². The summed E-state index contributed by atoms with van der Waals surface area (Å²) in [5.74, 6) is -2.56. The van der Waals surface area contributed by atoms with Crippen LogP contribution in [0.4, 0.5) is 42.0 Å². The number of hydrogen-bond acceptors (Lipinski definition) is 7. The Labute approximate surface area is 178 Å². The number of fused-ring (bicyclic) bond motifs is 2. The zero-order chi connectivity index (χ0) is 22.5. The number of halogens is 3. The minimum Gasteiger partial charge on any atom is -0.423 e. The molecular formula is C20H14F3N7O2. The minimum atomic E-state index is -3.96. The van der Waals surface area contributed by atoms with Crippen molar-refractivity contribution in [3.63, 3.8) is 0 Å². The van der Waals surface area contributed by atoms with E-state index in [0.29, 0.717) is 5.69 Å². The van der Waals surface area contributed by atoms with Gasteiger partial charge in [-0.25, -0.2) is 9.37 Å². The highest BCUT2D eigenvalue weighted by Gasteiger charge is 2.46. The number of hydrogen-bond donors (Lipinski definition) is 3. The number of aromatic nitrogens is 4. The molecule has 1 aliphatic heterocycles. The van der Waals surface area contributed by atoms with Crippen LogP contribution in [0.5, 0.6) is 5.75 Å². The Hall–Kier alpha value is -4.35. The summed E-state index contributed by atoms with van der Waals surface area (Å²) in [6.45, 7) is 0. The van der Waals surface area contributed by atoms with Crippen molar-refractivity contribution >= 4 is 45.6 Å². The molecule has 2 aromatic heterocycles. The van der Waals surface area contributed by atoms with Gasteiger partial charge in [-0.3, -0.25) is 9.48 Å². The van der Waals surface area contributed by atoms with E-state index in [1.165, 1.54) is 18.2 Å². The molecule has 4 aromatic rings. The second-order valence-corrected chi connectivity index (χ2v) is 6.97. The van der Waals surface area contributed by atoms with Crippen LogP contribution < -0.4 is 20.7 Å². The number of rotatable bonds is 4. The van der Waals surface area contributed by atoms with Gasteiger partial charge in [0.05, 0.1) is 23.6 Å². The summed E-state index contributed by atoms with van der Waals surface area (Å²) in [5, 5.41) is 12.9. The topological polar surface area (TPSA) is 106 Å². The molecule has 0 bridgehead atoms. The largest absolute Gasteiger partial charge is 0.482 e. The Morgan fingerprint density at radius 2 is 1.88 bits per heavy atom. The summed E-state index contributed by atoms with van der Waals surface area (Å²) in [6, 6.07) is 9.48. The first-order chi connectivity index (χ1) is 15.3. The van der Waals surface area contributed by atoms with E-state index in [1.54, 1.807) is 10.9 Å². The van der Waals surface area contributed by atoms with E-state index in [0.717, 1.165) is 17.1 Å². The number of ether oxygens (including phenoxy) is 1. The fraction of sp³-hybridized carbons (Fsp3) is 0.100. The van der Waals surface area contributed by atoms with Crippen LogP contribution in [0.1, 0.15) is 0 Å². The number of alkyl halides is 2. The fourth-order valence-corrected chi connectivity index (χ4v) is 3.18. The number of aryl methyl sites for hydroxylation is 1. The van der Waals surface area contributed by atoms with Gasteiger partial charge in [0.2, 0.25) is 5.95 Å². The Morgan fingerprint density at radius 1 is 1.09 bits per heavy atom. The molecule has 0 spiro atoms. The van der Waals surface area contributed by atoms with Gasteiger partial charge in [0.1, 0.15) is 0 Å². The monoisotopic (exact) mass is 441 g/mol. The van der Waals surface area contributed by atoms with Crippen molar-refractivity contribution in [2.45, 2.75) is 6.11 Å². The number of benzene rings is 2. The predicted molar refractivity (Wildman–Crippen MR) is 110 cm³/mol. The van der Waals surface area contributed by atoms with Gasteiger partial charge in [-0.1, -0.05) is 0 Å². The third-order valence-corrected chi connectivity index (χ3v) is 4.74. The lowest BCUT2D eigenvalue weighted by Crippen LogP contribution is -2.43. The van der Waals surface area contributed by atoms with E-state index in [-0.39, 0.29) is 28.9 Å². The zero-order valence-electron chi connectivity index (χ0n) is 16.4. The number of carbonyl (C=O) groups is 1. The van der Waals surface area contributed by atoms with Crippen molar-refractivity contribution < 1.29 is 22.7 Å². The summed E-state index contributed by atoms with van der Waals surface area (Å²) in [4.78, 5) is 19.5. The summed E-state index contributed by atoms with van der Waals surface area (Å²) >= 11 is 0. The molecule has 1 amide bonds. The minimum absolute atomic E-state index is 0.0169. The molecule has 1 aliphatic rings. The van der Waals surface area contributed by atoms with Gasteiger partial charge in [0.15, 0.2) is 17.4 Å². The average Bonchev–Trinajstić information content (AvgIpc) is 3.12. The number of anilines is 5. The molecule has 0 fully saturated rings. The lowest BCUT2D eigenvalue weighted by atomic mass is 10.2. The van der Waals surface area contributed by atoms with E-state index in [4.69, 9.17) is 0 Å². The summed E-state index contributed by atoms with van der Waals surface area (Å²) in [6.07, 6.45) is -1.23. The summed E-state index contributed by atoms with van der Waals surface area (Å²) in [7, 11) is 1.82. The molecule has 0 saturated heterocycles. The molecule has 162 valence electrons. The number of nitrogens with zero attached hydrogens (tertiary/aromatic N) is 4. The SMILES string of the molecule is Cn1ncc2ccc(Nc3ncc(F)c(Nc4ccc5c(c4)NC(=O)C(F)(F)O5)n3)cc21. The van der Waals surface area contributed by atoms with Crippen LogP contribution >= 0.6 is 0 Å². The van der Waals surface area contributed by atoms with Crippen molar-refractivity contribution in [1.29, 1.82) is 0 Å². The van der Waals surface area contributed by atoms with E-state index < -0.39 is 17.8 Å². The first-order valence-corrected chi connectivity index (χ1v) is 9.29. The van der Waals surface area contributed by atoms with Gasteiger partial charge < -0.3 is 20.7 Å². The Kier molecular flexibility index (Phi) is 4.36. The first kappa shape index (κ1) is 19.6. The second-order valence-electron chi connectivity index (χ2n) is 6.97.